The molecule has 0 N–H and O–H groups in total. The number of hydrogen-bond acceptors (Lipinski definition) is 2. The highest BCUT2D eigenvalue weighted by Gasteiger charge is 2.12. The van der Waals surface area contributed by atoms with Crippen LogP contribution in [-0.4, -0.2) is 15.6 Å². The Bertz CT molecular complexity index is 546. The van der Waals surface area contributed by atoms with Crippen LogP contribution in [0.3, 0.4) is 0 Å². The van der Waals surface area contributed by atoms with E-state index in [1.165, 1.54) is 0 Å². The van der Waals surface area contributed by atoms with Gasteiger partial charge in [0.1, 0.15) is 0 Å². The summed E-state index contributed by atoms with van der Waals surface area (Å²) in [6.45, 7) is 3.44. The van der Waals surface area contributed by atoms with E-state index in [0.717, 1.165) is 15.9 Å². The van der Waals surface area contributed by atoms with Crippen LogP contribution < -0.4 is 0 Å². The van der Waals surface area contributed by atoms with Gasteiger partial charge in [0.05, 0.1) is 23.1 Å². The number of benzene rings is 1. The standard InChI is InChI=1S/C12H11BrN2O/c1-8-10(9(2)16)7-14-15(8)12-6-4-3-5-11(12)13/h3-7H,1-2H3. The van der Waals surface area contributed by atoms with Crippen LogP contribution in [0.1, 0.15) is 23.0 Å². The minimum Gasteiger partial charge on any atom is -0.294 e. The number of rotatable bonds is 2. The number of carbonyl (C=O) groups is 1. The molecular weight excluding hydrogens is 268 g/mol. The molecule has 0 unspecified atom stereocenters. The molecule has 0 aliphatic rings. The third-order valence-corrected chi connectivity index (χ3v) is 3.14. The zero-order chi connectivity index (χ0) is 11.7. The lowest BCUT2D eigenvalue weighted by Gasteiger charge is -2.06. The molecule has 0 bridgehead atoms. The molecule has 2 rings (SSSR count). The summed E-state index contributed by atoms with van der Waals surface area (Å²) in [5, 5.41) is 4.23. The van der Waals surface area contributed by atoms with Gasteiger partial charge in [-0.25, -0.2) is 4.68 Å². The molecule has 0 spiro atoms. The summed E-state index contributed by atoms with van der Waals surface area (Å²) in [6.07, 6.45) is 1.61. The zero-order valence-electron chi connectivity index (χ0n) is 9.07. The maximum absolute atomic E-state index is 11.3. The van der Waals surface area contributed by atoms with Gasteiger partial charge in [-0.2, -0.15) is 5.10 Å². The lowest BCUT2D eigenvalue weighted by Crippen LogP contribution is -2.01. The molecule has 0 saturated carbocycles. The van der Waals surface area contributed by atoms with Crippen molar-refractivity contribution in [3.8, 4) is 5.69 Å². The van der Waals surface area contributed by atoms with E-state index < -0.39 is 0 Å². The topological polar surface area (TPSA) is 34.9 Å². The lowest BCUT2D eigenvalue weighted by atomic mass is 10.2. The Hall–Kier alpha value is -1.42. The molecule has 16 heavy (non-hydrogen) atoms. The monoisotopic (exact) mass is 278 g/mol. The fourth-order valence-corrected chi connectivity index (χ4v) is 2.07. The van der Waals surface area contributed by atoms with Gasteiger partial charge in [0.25, 0.3) is 0 Å². The molecule has 0 aliphatic heterocycles. The second-order valence-corrected chi connectivity index (χ2v) is 4.42. The van der Waals surface area contributed by atoms with Crippen molar-refractivity contribution in [2.75, 3.05) is 0 Å². The average molecular weight is 279 g/mol. The molecule has 0 saturated heterocycles. The van der Waals surface area contributed by atoms with Crippen LogP contribution in [0.15, 0.2) is 34.9 Å². The van der Waals surface area contributed by atoms with Gasteiger partial charge in [-0.15, -0.1) is 0 Å². The second-order valence-electron chi connectivity index (χ2n) is 3.56. The molecule has 1 heterocycles. The van der Waals surface area contributed by atoms with Crippen molar-refractivity contribution in [2.45, 2.75) is 13.8 Å². The van der Waals surface area contributed by atoms with Crippen molar-refractivity contribution in [1.29, 1.82) is 0 Å². The Morgan fingerprint density at radius 3 is 2.62 bits per heavy atom. The van der Waals surface area contributed by atoms with Crippen LogP contribution in [0, 0.1) is 6.92 Å². The maximum atomic E-state index is 11.3. The van der Waals surface area contributed by atoms with E-state index >= 15 is 0 Å². The van der Waals surface area contributed by atoms with Crippen LogP contribution in [0.5, 0.6) is 0 Å². The number of para-hydroxylation sites is 1. The summed E-state index contributed by atoms with van der Waals surface area (Å²) in [7, 11) is 0. The van der Waals surface area contributed by atoms with Gasteiger partial charge in [-0.3, -0.25) is 4.79 Å². The first-order chi connectivity index (χ1) is 7.61. The summed E-state index contributed by atoms with van der Waals surface area (Å²) >= 11 is 3.47. The van der Waals surface area contributed by atoms with Crippen molar-refractivity contribution in [3.05, 3.63) is 46.2 Å². The first-order valence-electron chi connectivity index (χ1n) is 4.91. The minimum absolute atomic E-state index is 0.0378. The van der Waals surface area contributed by atoms with Crippen molar-refractivity contribution in [3.63, 3.8) is 0 Å². The van der Waals surface area contributed by atoms with E-state index in [2.05, 4.69) is 21.0 Å². The fraction of sp³-hybridized carbons (Fsp3) is 0.167. The predicted molar refractivity (Wildman–Crippen MR) is 66.0 cm³/mol. The van der Waals surface area contributed by atoms with Crippen LogP contribution in [-0.2, 0) is 0 Å². The molecule has 0 aliphatic carbocycles. The molecule has 82 valence electrons. The van der Waals surface area contributed by atoms with Gasteiger partial charge in [-0.05, 0) is 41.9 Å². The molecule has 2 aromatic rings. The quantitative estimate of drug-likeness (QED) is 0.791. The Morgan fingerprint density at radius 2 is 2.06 bits per heavy atom. The summed E-state index contributed by atoms with van der Waals surface area (Å²) in [4.78, 5) is 11.3. The summed E-state index contributed by atoms with van der Waals surface area (Å²) in [6, 6.07) is 7.78. The smallest absolute Gasteiger partial charge is 0.163 e. The molecule has 0 fully saturated rings. The summed E-state index contributed by atoms with van der Waals surface area (Å²) in [5.41, 5.74) is 2.46. The Labute approximate surface area is 102 Å². The normalized spacial score (nSPS) is 10.4. The SMILES string of the molecule is CC(=O)c1cnn(-c2ccccc2Br)c1C. The average Bonchev–Trinajstić information content (AvgIpc) is 2.61. The van der Waals surface area contributed by atoms with Crippen molar-refractivity contribution in [2.24, 2.45) is 0 Å². The van der Waals surface area contributed by atoms with Crippen molar-refractivity contribution >= 4 is 21.7 Å². The zero-order valence-corrected chi connectivity index (χ0v) is 10.7. The molecular formula is C12H11BrN2O. The Kier molecular flexibility index (Phi) is 2.92. The molecule has 3 nitrogen and oxygen atoms in total. The van der Waals surface area contributed by atoms with Gasteiger partial charge >= 0.3 is 0 Å². The van der Waals surface area contributed by atoms with E-state index in [1.54, 1.807) is 17.8 Å². The van der Waals surface area contributed by atoms with Crippen molar-refractivity contribution in [1.82, 2.24) is 9.78 Å². The number of aromatic nitrogens is 2. The highest BCUT2D eigenvalue weighted by atomic mass is 79.9. The number of ketones is 1. The van der Waals surface area contributed by atoms with E-state index in [0.29, 0.717) is 5.56 Å². The van der Waals surface area contributed by atoms with Gasteiger partial charge in [0.15, 0.2) is 5.78 Å². The predicted octanol–water partition coefficient (Wildman–Crippen LogP) is 3.15. The molecule has 1 aromatic carbocycles. The van der Waals surface area contributed by atoms with E-state index in [-0.39, 0.29) is 5.78 Å². The van der Waals surface area contributed by atoms with Gasteiger partial charge < -0.3 is 0 Å². The van der Waals surface area contributed by atoms with Gasteiger partial charge in [-0.1, -0.05) is 12.1 Å². The third kappa shape index (κ3) is 1.80. The minimum atomic E-state index is 0.0378. The van der Waals surface area contributed by atoms with Gasteiger partial charge in [0.2, 0.25) is 0 Å². The molecule has 0 atom stereocenters. The van der Waals surface area contributed by atoms with Crippen molar-refractivity contribution < 1.29 is 4.79 Å². The Balaban J connectivity index is 2.58. The number of Topliss-reactive ketones (excluding diaryl/α,β-unsaturated/α-hetero) is 1. The largest absolute Gasteiger partial charge is 0.294 e. The molecule has 4 heteroatoms. The van der Waals surface area contributed by atoms with E-state index in [1.807, 2.05) is 31.2 Å². The number of nitrogens with zero attached hydrogens (tertiary/aromatic N) is 2. The Morgan fingerprint density at radius 1 is 1.38 bits per heavy atom. The first-order valence-corrected chi connectivity index (χ1v) is 5.71. The van der Waals surface area contributed by atoms with Crippen LogP contribution in [0.4, 0.5) is 0 Å². The maximum Gasteiger partial charge on any atom is 0.163 e. The lowest BCUT2D eigenvalue weighted by molar-refractivity contribution is 0.101. The first kappa shape index (κ1) is 11.1. The molecule has 0 amide bonds. The van der Waals surface area contributed by atoms with Crippen LogP contribution in [0.25, 0.3) is 5.69 Å². The fourth-order valence-electron chi connectivity index (χ4n) is 1.62. The number of carbonyl (C=O) groups excluding carboxylic acids is 1. The second kappa shape index (κ2) is 4.22. The number of hydrogen-bond donors (Lipinski definition) is 0. The van der Waals surface area contributed by atoms with Crippen LogP contribution >= 0.6 is 15.9 Å². The van der Waals surface area contributed by atoms with E-state index in [4.69, 9.17) is 0 Å². The van der Waals surface area contributed by atoms with Gasteiger partial charge in [0, 0.05) is 4.47 Å². The summed E-state index contributed by atoms with van der Waals surface area (Å²) in [5.74, 6) is 0.0378. The van der Waals surface area contributed by atoms with Crippen LogP contribution in [0.2, 0.25) is 0 Å². The third-order valence-electron chi connectivity index (χ3n) is 2.47. The highest BCUT2D eigenvalue weighted by molar-refractivity contribution is 9.10. The van der Waals surface area contributed by atoms with E-state index in [9.17, 15) is 4.79 Å². The number of halogens is 1. The highest BCUT2D eigenvalue weighted by Crippen LogP contribution is 2.22. The molecule has 0 radical (unpaired) electrons. The summed E-state index contributed by atoms with van der Waals surface area (Å²) < 4.78 is 2.72. The molecule has 1 aromatic heterocycles.